The number of rotatable bonds is 7. The van der Waals surface area contributed by atoms with Crippen LogP contribution < -0.4 is 5.73 Å². The van der Waals surface area contributed by atoms with E-state index in [1.165, 1.54) is 25.7 Å². The van der Waals surface area contributed by atoms with Gasteiger partial charge in [-0.3, -0.25) is 0 Å². The van der Waals surface area contributed by atoms with Gasteiger partial charge in [0, 0.05) is 12.2 Å². The molecule has 0 spiro atoms. The zero-order valence-corrected chi connectivity index (χ0v) is 11.6. The number of hydrogen-bond acceptors (Lipinski definition) is 2. The number of unbranched alkanes of at least 4 members (excludes halogenated alkanes) is 3. The third-order valence-electron chi connectivity index (χ3n) is 3.42. The van der Waals surface area contributed by atoms with E-state index in [9.17, 15) is 0 Å². The zero-order chi connectivity index (χ0) is 13.5. The van der Waals surface area contributed by atoms with E-state index in [0.717, 1.165) is 17.8 Å². The molecule has 2 N–H and O–H groups in total. The molecule has 19 heavy (non-hydrogen) atoms. The Morgan fingerprint density at radius 1 is 1.11 bits per heavy atom. The third-order valence-corrected chi connectivity index (χ3v) is 3.42. The molecule has 1 aromatic carbocycles. The maximum absolute atomic E-state index is 6.30. The first-order chi connectivity index (χ1) is 9.33. The number of aromatic nitrogens is 2. The Kier molecular flexibility index (Phi) is 5.16. The Morgan fingerprint density at radius 2 is 1.89 bits per heavy atom. The lowest BCUT2D eigenvalue weighted by Gasteiger charge is -2.14. The summed E-state index contributed by atoms with van der Waals surface area (Å²) in [6.45, 7) is 2.23. The highest BCUT2D eigenvalue weighted by atomic mass is 15.3. The molecule has 1 heterocycles. The first-order valence-electron chi connectivity index (χ1n) is 7.18. The predicted octanol–water partition coefficient (Wildman–Crippen LogP) is 3.84. The maximum Gasteiger partial charge on any atom is 0.0649 e. The summed E-state index contributed by atoms with van der Waals surface area (Å²) in [6, 6.07) is 12.3. The van der Waals surface area contributed by atoms with Gasteiger partial charge in [-0.15, -0.1) is 0 Å². The first-order valence-corrected chi connectivity index (χ1v) is 7.18. The Balaban J connectivity index is 2.03. The van der Waals surface area contributed by atoms with Crippen molar-refractivity contribution in [3.05, 3.63) is 48.3 Å². The molecule has 1 atom stereocenters. The van der Waals surface area contributed by atoms with Gasteiger partial charge >= 0.3 is 0 Å². The molecular formula is C16H23N3. The molecule has 0 aliphatic carbocycles. The van der Waals surface area contributed by atoms with Crippen LogP contribution >= 0.6 is 0 Å². The second kappa shape index (κ2) is 7.10. The first kappa shape index (κ1) is 13.8. The lowest BCUT2D eigenvalue weighted by atomic mass is 10.1. The molecule has 3 heteroatoms. The highest BCUT2D eigenvalue weighted by Crippen LogP contribution is 2.20. The molecule has 2 aromatic rings. The molecule has 2 rings (SSSR count). The fourth-order valence-electron chi connectivity index (χ4n) is 2.32. The van der Waals surface area contributed by atoms with Gasteiger partial charge in [0.05, 0.1) is 11.4 Å². The van der Waals surface area contributed by atoms with E-state index in [2.05, 4.69) is 24.2 Å². The summed E-state index contributed by atoms with van der Waals surface area (Å²) < 4.78 is 1.95. The van der Waals surface area contributed by atoms with Crippen LogP contribution in [-0.2, 0) is 0 Å². The topological polar surface area (TPSA) is 43.8 Å². The minimum Gasteiger partial charge on any atom is -0.323 e. The van der Waals surface area contributed by atoms with Crippen molar-refractivity contribution in [3.8, 4) is 5.69 Å². The largest absolute Gasteiger partial charge is 0.323 e. The molecule has 0 saturated carbocycles. The number of hydrogen-bond donors (Lipinski definition) is 1. The Morgan fingerprint density at radius 3 is 2.63 bits per heavy atom. The Hall–Kier alpha value is -1.61. The number of para-hydroxylation sites is 1. The smallest absolute Gasteiger partial charge is 0.0649 e. The summed E-state index contributed by atoms with van der Waals surface area (Å²) in [5.41, 5.74) is 8.47. The predicted molar refractivity (Wildman–Crippen MR) is 79.3 cm³/mol. The molecule has 0 bridgehead atoms. The lowest BCUT2D eigenvalue weighted by molar-refractivity contribution is 0.546. The maximum atomic E-state index is 6.30. The van der Waals surface area contributed by atoms with Crippen LogP contribution in [0.15, 0.2) is 42.6 Å². The highest BCUT2D eigenvalue weighted by molar-refractivity contribution is 5.33. The van der Waals surface area contributed by atoms with Gasteiger partial charge in [0.2, 0.25) is 0 Å². The van der Waals surface area contributed by atoms with Gasteiger partial charge in [0.15, 0.2) is 0 Å². The summed E-state index contributed by atoms with van der Waals surface area (Å²) in [5, 5.41) is 4.39. The molecule has 1 unspecified atom stereocenters. The van der Waals surface area contributed by atoms with Gasteiger partial charge < -0.3 is 5.73 Å². The van der Waals surface area contributed by atoms with Gasteiger partial charge in [0.25, 0.3) is 0 Å². The average Bonchev–Trinajstić information content (AvgIpc) is 2.94. The van der Waals surface area contributed by atoms with E-state index in [0.29, 0.717) is 0 Å². The minimum atomic E-state index is 0.0690. The van der Waals surface area contributed by atoms with Gasteiger partial charge in [-0.1, -0.05) is 50.8 Å². The lowest BCUT2D eigenvalue weighted by Crippen LogP contribution is -2.15. The van der Waals surface area contributed by atoms with E-state index in [-0.39, 0.29) is 6.04 Å². The van der Waals surface area contributed by atoms with Crippen molar-refractivity contribution in [1.82, 2.24) is 9.78 Å². The normalized spacial score (nSPS) is 12.5. The van der Waals surface area contributed by atoms with Crippen molar-refractivity contribution in [1.29, 1.82) is 0 Å². The monoisotopic (exact) mass is 257 g/mol. The minimum absolute atomic E-state index is 0.0690. The van der Waals surface area contributed by atoms with E-state index < -0.39 is 0 Å². The highest BCUT2D eigenvalue weighted by Gasteiger charge is 2.12. The van der Waals surface area contributed by atoms with Crippen molar-refractivity contribution in [2.24, 2.45) is 5.73 Å². The zero-order valence-electron chi connectivity index (χ0n) is 11.6. The fourth-order valence-corrected chi connectivity index (χ4v) is 2.32. The van der Waals surface area contributed by atoms with Gasteiger partial charge in [-0.2, -0.15) is 5.10 Å². The molecule has 0 aliphatic rings. The summed E-state index contributed by atoms with van der Waals surface area (Å²) in [7, 11) is 0. The van der Waals surface area contributed by atoms with Crippen molar-refractivity contribution in [2.75, 3.05) is 0 Å². The Labute approximate surface area is 115 Å². The van der Waals surface area contributed by atoms with Crippen LogP contribution in [0.3, 0.4) is 0 Å². The van der Waals surface area contributed by atoms with Crippen molar-refractivity contribution in [2.45, 2.75) is 45.1 Å². The van der Waals surface area contributed by atoms with Crippen LogP contribution in [0.25, 0.3) is 5.69 Å². The second-order valence-electron chi connectivity index (χ2n) is 4.96. The molecule has 102 valence electrons. The SMILES string of the molecule is CCCCCCC(N)c1ccnn1-c1ccccc1. The van der Waals surface area contributed by atoms with Crippen molar-refractivity contribution >= 4 is 0 Å². The van der Waals surface area contributed by atoms with Gasteiger partial charge in [0.1, 0.15) is 0 Å². The third kappa shape index (κ3) is 3.67. The molecule has 0 aliphatic heterocycles. The van der Waals surface area contributed by atoms with Crippen LogP contribution in [0, 0.1) is 0 Å². The van der Waals surface area contributed by atoms with Gasteiger partial charge in [-0.25, -0.2) is 4.68 Å². The quantitative estimate of drug-likeness (QED) is 0.766. The fraction of sp³-hybridized carbons (Fsp3) is 0.438. The van der Waals surface area contributed by atoms with Crippen LogP contribution in [0.2, 0.25) is 0 Å². The number of nitrogens with zero attached hydrogens (tertiary/aromatic N) is 2. The molecule has 1 aromatic heterocycles. The number of nitrogens with two attached hydrogens (primary N) is 1. The summed E-state index contributed by atoms with van der Waals surface area (Å²) in [4.78, 5) is 0. The van der Waals surface area contributed by atoms with Crippen molar-refractivity contribution in [3.63, 3.8) is 0 Å². The van der Waals surface area contributed by atoms with Gasteiger partial charge in [-0.05, 0) is 24.6 Å². The van der Waals surface area contributed by atoms with Crippen LogP contribution in [0.5, 0.6) is 0 Å². The van der Waals surface area contributed by atoms with Crippen LogP contribution in [-0.4, -0.2) is 9.78 Å². The summed E-state index contributed by atoms with van der Waals surface area (Å²) >= 11 is 0. The standard InChI is InChI=1S/C16H23N3/c1-2-3-4-8-11-15(17)16-12-13-18-19(16)14-9-6-5-7-10-14/h5-7,9-10,12-13,15H,2-4,8,11,17H2,1H3. The van der Waals surface area contributed by atoms with E-state index >= 15 is 0 Å². The van der Waals surface area contributed by atoms with Crippen LogP contribution in [0.1, 0.15) is 50.8 Å². The number of benzene rings is 1. The molecule has 0 amide bonds. The molecule has 0 fully saturated rings. The van der Waals surface area contributed by atoms with E-state index in [1.54, 1.807) is 0 Å². The molecule has 0 radical (unpaired) electrons. The van der Waals surface area contributed by atoms with Crippen molar-refractivity contribution < 1.29 is 0 Å². The molecule has 0 saturated heterocycles. The Bertz CT molecular complexity index is 476. The molecular weight excluding hydrogens is 234 g/mol. The average molecular weight is 257 g/mol. The summed E-state index contributed by atoms with van der Waals surface area (Å²) in [5.74, 6) is 0. The van der Waals surface area contributed by atoms with E-state index in [1.807, 2.05) is 35.1 Å². The summed E-state index contributed by atoms with van der Waals surface area (Å²) in [6.07, 6.45) is 7.87. The second-order valence-corrected chi connectivity index (χ2v) is 4.96. The molecule has 3 nitrogen and oxygen atoms in total. The van der Waals surface area contributed by atoms with E-state index in [4.69, 9.17) is 5.73 Å². The van der Waals surface area contributed by atoms with Crippen LogP contribution in [0.4, 0.5) is 0 Å².